The molecule has 0 radical (unpaired) electrons. The molecule has 50 valence electrons. The summed E-state index contributed by atoms with van der Waals surface area (Å²) in [5.74, 6) is 0. The van der Waals surface area contributed by atoms with Crippen molar-refractivity contribution in [2.75, 3.05) is 0 Å². The summed E-state index contributed by atoms with van der Waals surface area (Å²) in [6.07, 6.45) is 2.33. The monoisotopic (exact) mass is 132 g/mol. The van der Waals surface area contributed by atoms with Crippen molar-refractivity contribution in [3.05, 3.63) is 12.7 Å². The van der Waals surface area contributed by atoms with Crippen LogP contribution in [-0.2, 0) is 0 Å². The lowest BCUT2D eigenvalue weighted by atomic mass is 9.98. The Balaban J connectivity index is 2.94. The molecule has 0 spiro atoms. The van der Waals surface area contributed by atoms with E-state index < -0.39 is 5.41 Å². The Morgan fingerprint density at radius 2 is 2.00 bits per heavy atom. The van der Waals surface area contributed by atoms with E-state index in [0.29, 0.717) is 6.42 Å². The number of nitriles is 2. The minimum absolute atomic E-state index is 0.253. The largest absolute Gasteiger partial charge is 0.197 e. The summed E-state index contributed by atoms with van der Waals surface area (Å²) in [5.41, 5.74) is -1.02. The van der Waals surface area contributed by atoms with Crippen molar-refractivity contribution in [2.24, 2.45) is 10.8 Å². The third-order valence-electron chi connectivity index (χ3n) is 2.31. The van der Waals surface area contributed by atoms with Gasteiger partial charge in [-0.15, -0.1) is 6.58 Å². The lowest BCUT2D eigenvalue weighted by Gasteiger charge is -2.00. The first kappa shape index (κ1) is 6.83. The van der Waals surface area contributed by atoms with Gasteiger partial charge >= 0.3 is 0 Å². The first-order chi connectivity index (χ1) is 4.64. The molecule has 1 saturated carbocycles. The van der Waals surface area contributed by atoms with E-state index in [4.69, 9.17) is 10.5 Å². The number of rotatable bonds is 1. The van der Waals surface area contributed by atoms with Gasteiger partial charge < -0.3 is 0 Å². The molecule has 0 aromatic heterocycles. The van der Waals surface area contributed by atoms with E-state index in [1.165, 1.54) is 0 Å². The SMILES string of the molecule is C=CC1(C)CC1(C#N)C#N. The van der Waals surface area contributed by atoms with Crippen LogP contribution in [0.4, 0.5) is 0 Å². The van der Waals surface area contributed by atoms with Crippen molar-refractivity contribution < 1.29 is 0 Å². The molecule has 1 rings (SSSR count). The second-order valence-corrected chi connectivity index (χ2v) is 2.93. The van der Waals surface area contributed by atoms with Gasteiger partial charge in [0.15, 0.2) is 5.41 Å². The summed E-state index contributed by atoms with van der Waals surface area (Å²) in [5, 5.41) is 17.2. The van der Waals surface area contributed by atoms with Crippen molar-refractivity contribution in [1.82, 2.24) is 0 Å². The van der Waals surface area contributed by atoms with Gasteiger partial charge in [-0.2, -0.15) is 10.5 Å². The van der Waals surface area contributed by atoms with Crippen LogP contribution in [0.2, 0.25) is 0 Å². The molecular formula is C8H8N2. The fraction of sp³-hybridized carbons (Fsp3) is 0.500. The molecule has 0 saturated heterocycles. The first-order valence-corrected chi connectivity index (χ1v) is 3.10. The predicted molar refractivity (Wildman–Crippen MR) is 36.6 cm³/mol. The van der Waals surface area contributed by atoms with E-state index in [1.807, 2.05) is 19.1 Å². The molecule has 0 bridgehead atoms. The van der Waals surface area contributed by atoms with Gasteiger partial charge in [0.1, 0.15) is 0 Å². The van der Waals surface area contributed by atoms with Gasteiger partial charge in [0.25, 0.3) is 0 Å². The fourth-order valence-corrected chi connectivity index (χ4v) is 1.11. The minimum atomic E-state index is -0.769. The molecule has 10 heavy (non-hydrogen) atoms. The van der Waals surface area contributed by atoms with Crippen molar-refractivity contribution in [2.45, 2.75) is 13.3 Å². The lowest BCUT2D eigenvalue weighted by molar-refractivity contribution is 0.631. The predicted octanol–water partition coefficient (Wildman–Crippen LogP) is 1.62. The molecule has 0 aromatic carbocycles. The fourth-order valence-electron chi connectivity index (χ4n) is 1.11. The average molecular weight is 132 g/mol. The van der Waals surface area contributed by atoms with Crippen LogP contribution >= 0.6 is 0 Å². The second-order valence-electron chi connectivity index (χ2n) is 2.93. The Kier molecular flexibility index (Phi) is 1.10. The maximum absolute atomic E-state index is 8.60. The Labute approximate surface area is 60.4 Å². The van der Waals surface area contributed by atoms with Crippen LogP contribution in [0, 0.1) is 33.5 Å². The van der Waals surface area contributed by atoms with Crippen LogP contribution in [-0.4, -0.2) is 0 Å². The molecule has 0 heterocycles. The highest BCUT2D eigenvalue weighted by Crippen LogP contribution is 2.63. The highest BCUT2D eigenvalue weighted by molar-refractivity contribution is 5.37. The Morgan fingerprint density at radius 3 is 2.10 bits per heavy atom. The van der Waals surface area contributed by atoms with Gasteiger partial charge in [-0.3, -0.25) is 0 Å². The van der Waals surface area contributed by atoms with Crippen LogP contribution < -0.4 is 0 Å². The van der Waals surface area contributed by atoms with Crippen LogP contribution in [0.15, 0.2) is 12.7 Å². The van der Waals surface area contributed by atoms with Crippen molar-refractivity contribution in [1.29, 1.82) is 10.5 Å². The molecule has 0 amide bonds. The Hall–Kier alpha value is -1.28. The zero-order chi connectivity index (χ0) is 7.83. The first-order valence-electron chi connectivity index (χ1n) is 3.10. The van der Waals surface area contributed by atoms with E-state index in [0.717, 1.165) is 0 Å². The smallest absolute Gasteiger partial charge is 0.153 e. The molecule has 0 aromatic rings. The average Bonchev–Trinajstić information content (AvgIpc) is 2.59. The van der Waals surface area contributed by atoms with Gasteiger partial charge in [0.2, 0.25) is 0 Å². The van der Waals surface area contributed by atoms with E-state index in [2.05, 4.69) is 6.58 Å². The van der Waals surface area contributed by atoms with Gasteiger partial charge in [0, 0.05) is 5.41 Å². The summed E-state index contributed by atoms with van der Waals surface area (Å²) in [7, 11) is 0. The molecular weight excluding hydrogens is 124 g/mol. The second kappa shape index (κ2) is 1.61. The molecule has 1 fully saturated rings. The summed E-state index contributed by atoms with van der Waals surface area (Å²) in [6, 6.07) is 4.02. The molecule has 1 atom stereocenters. The third kappa shape index (κ3) is 0.512. The number of hydrogen-bond acceptors (Lipinski definition) is 2. The maximum atomic E-state index is 8.60. The number of allylic oxidation sites excluding steroid dienone is 1. The van der Waals surface area contributed by atoms with Gasteiger partial charge in [0.05, 0.1) is 12.1 Å². The van der Waals surface area contributed by atoms with E-state index in [9.17, 15) is 0 Å². The van der Waals surface area contributed by atoms with Crippen molar-refractivity contribution >= 4 is 0 Å². The molecule has 1 aliphatic rings. The van der Waals surface area contributed by atoms with Crippen LogP contribution in [0.5, 0.6) is 0 Å². The summed E-state index contributed by atoms with van der Waals surface area (Å²) in [6.45, 7) is 5.46. The van der Waals surface area contributed by atoms with Crippen molar-refractivity contribution in [3.63, 3.8) is 0 Å². The zero-order valence-corrected chi connectivity index (χ0v) is 5.89. The van der Waals surface area contributed by atoms with Crippen LogP contribution in [0.25, 0.3) is 0 Å². The molecule has 1 unspecified atom stereocenters. The summed E-state index contributed by atoms with van der Waals surface area (Å²) in [4.78, 5) is 0. The Morgan fingerprint density at radius 1 is 1.50 bits per heavy atom. The lowest BCUT2D eigenvalue weighted by Crippen LogP contribution is -2.02. The minimum Gasteiger partial charge on any atom is -0.197 e. The molecule has 2 heteroatoms. The van der Waals surface area contributed by atoms with Gasteiger partial charge in [-0.05, 0) is 6.42 Å². The summed E-state index contributed by atoms with van der Waals surface area (Å²) >= 11 is 0. The Bertz CT molecular complexity index is 239. The highest BCUT2D eigenvalue weighted by Gasteiger charge is 2.64. The normalized spacial score (nSPS) is 33.5. The standard InChI is InChI=1S/C8H8N2/c1-3-7(2)4-8(7,5-9)6-10/h3H,1,4H2,2H3. The molecule has 2 nitrogen and oxygen atoms in total. The van der Waals surface area contributed by atoms with Crippen molar-refractivity contribution in [3.8, 4) is 12.1 Å². The molecule has 1 aliphatic carbocycles. The van der Waals surface area contributed by atoms with Crippen LogP contribution in [0.1, 0.15) is 13.3 Å². The van der Waals surface area contributed by atoms with Gasteiger partial charge in [-0.1, -0.05) is 13.0 Å². The highest BCUT2D eigenvalue weighted by atomic mass is 14.6. The topological polar surface area (TPSA) is 47.6 Å². The van der Waals surface area contributed by atoms with E-state index >= 15 is 0 Å². The van der Waals surface area contributed by atoms with Gasteiger partial charge in [-0.25, -0.2) is 0 Å². The molecule has 0 aliphatic heterocycles. The summed E-state index contributed by atoms with van der Waals surface area (Å²) < 4.78 is 0. The number of nitrogens with zero attached hydrogens (tertiary/aromatic N) is 2. The van der Waals surface area contributed by atoms with E-state index in [-0.39, 0.29) is 5.41 Å². The quantitative estimate of drug-likeness (QED) is 0.509. The van der Waals surface area contributed by atoms with Crippen LogP contribution in [0.3, 0.4) is 0 Å². The zero-order valence-electron chi connectivity index (χ0n) is 5.89. The van der Waals surface area contributed by atoms with E-state index in [1.54, 1.807) is 6.08 Å². The maximum Gasteiger partial charge on any atom is 0.153 e. The molecule has 0 N–H and O–H groups in total. The number of hydrogen-bond donors (Lipinski definition) is 0. The third-order valence-corrected chi connectivity index (χ3v) is 2.31.